The molecule has 0 radical (unpaired) electrons. The van der Waals surface area contributed by atoms with E-state index in [1.807, 2.05) is 24.3 Å². The van der Waals surface area contributed by atoms with Crippen LogP contribution in [0, 0.1) is 0 Å². The van der Waals surface area contributed by atoms with Crippen LogP contribution in [0.5, 0.6) is 0 Å². The van der Waals surface area contributed by atoms with Crippen LogP contribution in [0.1, 0.15) is 39.0 Å². The van der Waals surface area contributed by atoms with Gasteiger partial charge >= 0.3 is 0 Å². The van der Waals surface area contributed by atoms with Gasteiger partial charge < -0.3 is 15.0 Å². The zero-order chi connectivity index (χ0) is 15.8. The number of nitrogens with zero attached hydrogens (tertiary/aromatic N) is 1. The quantitative estimate of drug-likeness (QED) is 0.599. The molecule has 5 heteroatoms. The average molecular weight is 341 g/mol. The van der Waals surface area contributed by atoms with Crippen LogP contribution in [-0.4, -0.2) is 35.8 Å². The van der Waals surface area contributed by atoms with Gasteiger partial charge in [-0.15, -0.1) is 0 Å². The molecule has 1 heterocycles. The highest BCUT2D eigenvalue weighted by molar-refractivity contribution is 7.80. The van der Waals surface area contributed by atoms with Crippen molar-refractivity contribution < 1.29 is 4.74 Å². The molecule has 0 aliphatic carbocycles. The van der Waals surface area contributed by atoms with E-state index in [0.29, 0.717) is 6.04 Å². The molecule has 1 aliphatic rings. The number of ether oxygens (including phenoxy) is 1. The lowest BCUT2D eigenvalue weighted by molar-refractivity contribution is 0.105. The summed E-state index contributed by atoms with van der Waals surface area (Å²) >= 11 is 11.5. The van der Waals surface area contributed by atoms with Crippen LogP contribution in [0.2, 0.25) is 5.02 Å². The van der Waals surface area contributed by atoms with Gasteiger partial charge in [0.05, 0.1) is 0 Å². The molecular weight excluding hydrogens is 316 g/mol. The average Bonchev–Trinajstić information content (AvgIpc) is 2.54. The van der Waals surface area contributed by atoms with Gasteiger partial charge in [-0.05, 0) is 68.6 Å². The molecule has 1 unspecified atom stereocenters. The van der Waals surface area contributed by atoms with Crippen molar-refractivity contribution in [3.05, 3.63) is 29.3 Å². The number of anilines is 1. The topological polar surface area (TPSA) is 24.5 Å². The summed E-state index contributed by atoms with van der Waals surface area (Å²) in [4.78, 5) is 2.32. The van der Waals surface area contributed by atoms with Gasteiger partial charge in [-0.3, -0.25) is 0 Å². The first-order valence-corrected chi connectivity index (χ1v) is 8.90. The van der Waals surface area contributed by atoms with Crippen molar-refractivity contribution in [2.45, 2.75) is 45.1 Å². The Balaban J connectivity index is 1.88. The predicted octanol–water partition coefficient (Wildman–Crippen LogP) is 4.71. The number of piperidine rings is 1. The van der Waals surface area contributed by atoms with E-state index >= 15 is 0 Å². The van der Waals surface area contributed by atoms with Gasteiger partial charge in [0.25, 0.3) is 0 Å². The van der Waals surface area contributed by atoms with E-state index in [2.05, 4.69) is 17.1 Å². The molecule has 0 bridgehead atoms. The number of hydrogen-bond acceptors (Lipinski definition) is 2. The third-order valence-electron chi connectivity index (χ3n) is 3.93. The van der Waals surface area contributed by atoms with Gasteiger partial charge in [-0.1, -0.05) is 18.5 Å². The highest BCUT2D eigenvalue weighted by atomic mass is 35.5. The van der Waals surface area contributed by atoms with E-state index in [0.717, 1.165) is 48.4 Å². The molecule has 3 nitrogen and oxygen atoms in total. The summed E-state index contributed by atoms with van der Waals surface area (Å²) in [5.41, 5.74) is 0.987. The number of rotatable bonds is 6. The highest BCUT2D eigenvalue weighted by Crippen LogP contribution is 2.22. The fraction of sp³-hybridized carbons (Fsp3) is 0.588. The minimum atomic E-state index is 0.484. The molecule has 1 aromatic rings. The molecule has 0 spiro atoms. The van der Waals surface area contributed by atoms with Gasteiger partial charge in [0, 0.05) is 36.5 Å². The van der Waals surface area contributed by atoms with Crippen molar-refractivity contribution in [2.75, 3.05) is 25.1 Å². The van der Waals surface area contributed by atoms with E-state index in [1.54, 1.807) is 0 Å². The first kappa shape index (κ1) is 17.5. The lowest BCUT2D eigenvalue weighted by atomic mass is 10.0. The fourth-order valence-electron chi connectivity index (χ4n) is 2.76. The van der Waals surface area contributed by atoms with E-state index in [-0.39, 0.29) is 0 Å². The lowest BCUT2D eigenvalue weighted by Gasteiger charge is -2.37. The van der Waals surface area contributed by atoms with E-state index in [1.165, 1.54) is 19.3 Å². The summed E-state index contributed by atoms with van der Waals surface area (Å²) in [6.45, 7) is 4.83. The van der Waals surface area contributed by atoms with Gasteiger partial charge in [0.1, 0.15) is 0 Å². The largest absolute Gasteiger partial charge is 0.381 e. The Kier molecular flexibility index (Phi) is 7.43. The third kappa shape index (κ3) is 5.41. The smallest absolute Gasteiger partial charge is 0.173 e. The highest BCUT2D eigenvalue weighted by Gasteiger charge is 2.24. The summed E-state index contributed by atoms with van der Waals surface area (Å²) in [6.07, 6.45) is 5.79. The molecule has 1 atom stereocenters. The molecule has 1 saturated heterocycles. The number of benzene rings is 1. The Bertz CT molecular complexity index is 466. The van der Waals surface area contributed by atoms with Gasteiger partial charge in [-0.2, -0.15) is 0 Å². The Morgan fingerprint density at radius 2 is 2.09 bits per heavy atom. The molecule has 0 amide bonds. The molecule has 1 aromatic carbocycles. The molecule has 2 rings (SSSR count). The van der Waals surface area contributed by atoms with Gasteiger partial charge in [0.15, 0.2) is 5.11 Å². The summed E-state index contributed by atoms with van der Waals surface area (Å²) in [5.74, 6) is 0. The van der Waals surface area contributed by atoms with Crippen LogP contribution in [0.25, 0.3) is 0 Å². The number of thiocarbonyl (C=S) groups is 1. The maximum Gasteiger partial charge on any atom is 0.173 e. The number of likely N-dealkylation sites (tertiary alicyclic amines) is 1. The lowest BCUT2D eigenvalue weighted by Crippen LogP contribution is -2.46. The summed E-state index contributed by atoms with van der Waals surface area (Å²) in [5, 5.41) is 4.87. The molecule has 1 N–H and O–H groups in total. The summed E-state index contributed by atoms with van der Waals surface area (Å²) in [7, 11) is 0. The SMILES string of the molecule is CCCOCCC1CCCCN1C(=S)Nc1ccc(Cl)cc1. The van der Waals surface area contributed by atoms with Crippen LogP contribution in [0.15, 0.2) is 24.3 Å². The van der Waals surface area contributed by atoms with Crippen molar-refractivity contribution in [3.63, 3.8) is 0 Å². The first-order chi connectivity index (χ1) is 10.7. The molecule has 0 aromatic heterocycles. The predicted molar refractivity (Wildman–Crippen MR) is 97.7 cm³/mol. The Morgan fingerprint density at radius 3 is 2.82 bits per heavy atom. The second-order valence-electron chi connectivity index (χ2n) is 5.68. The van der Waals surface area contributed by atoms with Crippen LogP contribution < -0.4 is 5.32 Å². The number of halogens is 1. The fourth-order valence-corrected chi connectivity index (χ4v) is 3.25. The van der Waals surface area contributed by atoms with Crippen LogP contribution >= 0.6 is 23.8 Å². The zero-order valence-electron chi connectivity index (χ0n) is 13.2. The number of hydrogen-bond donors (Lipinski definition) is 1. The summed E-state index contributed by atoms with van der Waals surface area (Å²) < 4.78 is 5.64. The normalized spacial score (nSPS) is 18.3. The zero-order valence-corrected chi connectivity index (χ0v) is 14.8. The molecule has 1 fully saturated rings. The van der Waals surface area contributed by atoms with Crippen LogP contribution in [-0.2, 0) is 4.74 Å². The van der Waals surface area contributed by atoms with Crippen molar-refractivity contribution in [1.82, 2.24) is 4.90 Å². The Morgan fingerprint density at radius 1 is 1.32 bits per heavy atom. The third-order valence-corrected chi connectivity index (χ3v) is 4.52. The van der Waals surface area contributed by atoms with Crippen LogP contribution in [0.4, 0.5) is 5.69 Å². The van der Waals surface area contributed by atoms with Crippen molar-refractivity contribution in [3.8, 4) is 0 Å². The van der Waals surface area contributed by atoms with Gasteiger partial charge in [-0.25, -0.2) is 0 Å². The van der Waals surface area contributed by atoms with E-state index < -0.39 is 0 Å². The Labute approximate surface area is 144 Å². The molecular formula is C17H25ClN2OS. The molecule has 0 saturated carbocycles. The summed E-state index contributed by atoms with van der Waals surface area (Å²) in [6, 6.07) is 8.14. The monoisotopic (exact) mass is 340 g/mol. The van der Waals surface area contributed by atoms with Crippen LogP contribution in [0.3, 0.4) is 0 Å². The minimum Gasteiger partial charge on any atom is -0.381 e. The maximum atomic E-state index is 5.92. The molecule has 122 valence electrons. The van der Waals surface area contributed by atoms with Crippen molar-refractivity contribution in [2.24, 2.45) is 0 Å². The second-order valence-corrected chi connectivity index (χ2v) is 6.50. The standard InChI is InChI=1S/C17H25ClN2OS/c1-2-12-21-13-10-16-5-3-4-11-20(16)17(22)19-15-8-6-14(18)7-9-15/h6-9,16H,2-5,10-13H2,1H3,(H,19,22). The second kappa shape index (κ2) is 9.33. The number of nitrogens with one attached hydrogen (secondary N) is 1. The van der Waals surface area contributed by atoms with Crippen molar-refractivity contribution in [1.29, 1.82) is 0 Å². The maximum absolute atomic E-state index is 5.92. The molecule has 22 heavy (non-hydrogen) atoms. The Hall–Kier alpha value is -0.840. The van der Waals surface area contributed by atoms with E-state index in [9.17, 15) is 0 Å². The first-order valence-electron chi connectivity index (χ1n) is 8.11. The van der Waals surface area contributed by atoms with Gasteiger partial charge in [0.2, 0.25) is 0 Å². The minimum absolute atomic E-state index is 0.484. The molecule has 1 aliphatic heterocycles. The van der Waals surface area contributed by atoms with E-state index in [4.69, 9.17) is 28.6 Å². The van der Waals surface area contributed by atoms with Crippen molar-refractivity contribution >= 4 is 34.6 Å².